The zero-order valence-corrected chi connectivity index (χ0v) is 15.9. The molecule has 0 amide bonds. The van der Waals surface area contributed by atoms with Gasteiger partial charge in [0.1, 0.15) is 0 Å². The van der Waals surface area contributed by atoms with Gasteiger partial charge in [0.15, 0.2) is 0 Å². The first kappa shape index (κ1) is 17.5. The molecule has 0 saturated carbocycles. The first-order valence-electron chi connectivity index (χ1n) is 8.33. The number of methoxy groups -OCH3 is 2. The fourth-order valence-corrected chi connectivity index (χ4v) is 6.13. The van der Waals surface area contributed by atoms with Crippen LogP contribution in [-0.4, -0.2) is 34.3 Å². The molecule has 4 heteroatoms. The van der Waals surface area contributed by atoms with E-state index in [1.54, 1.807) is 14.2 Å². The predicted molar refractivity (Wildman–Crippen MR) is 97.3 cm³/mol. The number of fused-ring (bicyclic) bond motifs is 1. The van der Waals surface area contributed by atoms with Crippen LogP contribution in [0.15, 0.2) is 42.5 Å². The Balaban J connectivity index is 1.86. The SMILES string of the molecule is COc1ccc2c(c1[Se]C[C@H](OC)c1ccccc1)[C@@H](O)CCC2. The Kier molecular flexibility index (Phi) is 5.96. The Hall–Kier alpha value is -1.32. The summed E-state index contributed by atoms with van der Waals surface area (Å²) in [4.78, 5) is 0. The van der Waals surface area contributed by atoms with Crippen molar-refractivity contribution in [1.82, 2.24) is 0 Å². The Bertz CT molecular complexity index is 672. The zero-order chi connectivity index (χ0) is 16.9. The summed E-state index contributed by atoms with van der Waals surface area (Å²) in [6, 6.07) is 14.5. The van der Waals surface area contributed by atoms with Gasteiger partial charge in [-0.1, -0.05) is 0 Å². The van der Waals surface area contributed by atoms with Crippen LogP contribution >= 0.6 is 0 Å². The molecule has 0 spiro atoms. The Morgan fingerprint density at radius 3 is 2.67 bits per heavy atom. The van der Waals surface area contributed by atoms with Crippen LogP contribution in [0.2, 0.25) is 5.32 Å². The standard InChI is InChI=1S/C20H24O3Se/c1-22-17-12-11-15-9-6-10-16(21)19(15)20(17)24-13-18(23-2)14-7-4-3-5-8-14/h3-5,7-8,11-12,16,18,21H,6,9-10,13H2,1-2H3/t16-,18-/m0/s1. The van der Waals surface area contributed by atoms with Crippen LogP contribution in [0.25, 0.3) is 0 Å². The van der Waals surface area contributed by atoms with E-state index in [9.17, 15) is 5.11 Å². The molecule has 0 fully saturated rings. The number of hydrogen-bond acceptors (Lipinski definition) is 3. The molecule has 0 bridgehead atoms. The van der Waals surface area contributed by atoms with Gasteiger partial charge in [-0.05, 0) is 0 Å². The third-order valence-corrected chi connectivity index (χ3v) is 7.04. The molecule has 0 unspecified atom stereocenters. The van der Waals surface area contributed by atoms with E-state index in [0.717, 1.165) is 35.9 Å². The summed E-state index contributed by atoms with van der Waals surface area (Å²) in [7, 11) is 3.47. The van der Waals surface area contributed by atoms with Gasteiger partial charge in [-0.25, -0.2) is 0 Å². The molecule has 3 nitrogen and oxygen atoms in total. The van der Waals surface area contributed by atoms with Crippen LogP contribution in [0.5, 0.6) is 5.75 Å². The molecule has 2 atom stereocenters. The second-order valence-corrected chi connectivity index (χ2v) is 8.19. The van der Waals surface area contributed by atoms with Crippen LogP contribution in [0, 0.1) is 0 Å². The molecule has 0 saturated heterocycles. The van der Waals surface area contributed by atoms with E-state index in [1.807, 2.05) is 18.2 Å². The summed E-state index contributed by atoms with van der Waals surface area (Å²) in [6.45, 7) is 0. The first-order valence-corrected chi connectivity index (χ1v) is 10.4. The van der Waals surface area contributed by atoms with Crippen LogP contribution < -0.4 is 9.20 Å². The molecule has 0 radical (unpaired) electrons. The van der Waals surface area contributed by atoms with Crippen LogP contribution in [0.3, 0.4) is 0 Å². The van der Waals surface area contributed by atoms with Gasteiger partial charge in [0.2, 0.25) is 0 Å². The van der Waals surface area contributed by atoms with Gasteiger partial charge >= 0.3 is 150 Å². The second kappa shape index (κ2) is 8.17. The van der Waals surface area contributed by atoms with Gasteiger partial charge in [-0.15, -0.1) is 0 Å². The third-order valence-electron chi connectivity index (χ3n) is 4.56. The maximum absolute atomic E-state index is 10.5. The van der Waals surface area contributed by atoms with Crippen molar-refractivity contribution in [3.63, 3.8) is 0 Å². The molecule has 1 aliphatic rings. The van der Waals surface area contributed by atoms with Crippen molar-refractivity contribution in [3.8, 4) is 5.75 Å². The summed E-state index contributed by atoms with van der Waals surface area (Å²) in [5, 5.41) is 11.4. The van der Waals surface area contributed by atoms with Crippen molar-refractivity contribution < 1.29 is 14.6 Å². The normalized spacial score (nSPS) is 18.0. The summed E-state index contributed by atoms with van der Waals surface area (Å²) in [6.07, 6.45) is 2.66. The molecule has 0 aliphatic heterocycles. The molecular formula is C20H24O3Se. The van der Waals surface area contributed by atoms with E-state index in [-0.39, 0.29) is 27.2 Å². The second-order valence-electron chi connectivity index (χ2n) is 6.02. The van der Waals surface area contributed by atoms with Crippen molar-refractivity contribution >= 4 is 19.4 Å². The average Bonchev–Trinajstić information content (AvgIpc) is 2.63. The summed E-state index contributed by atoms with van der Waals surface area (Å²) in [5.41, 5.74) is 3.59. The van der Waals surface area contributed by atoms with E-state index in [0.29, 0.717) is 0 Å². The van der Waals surface area contributed by atoms with E-state index in [1.165, 1.54) is 15.6 Å². The van der Waals surface area contributed by atoms with Crippen molar-refractivity contribution in [2.45, 2.75) is 36.8 Å². The number of rotatable bonds is 6. The minimum absolute atomic E-state index is 0.0764. The first-order chi connectivity index (χ1) is 11.7. The van der Waals surface area contributed by atoms with Crippen molar-refractivity contribution in [2.75, 3.05) is 14.2 Å². The number of hydrogen-bond donors (Lipinski definition) is 1. The topological polar surface area (TPSA) is 38.7 Å². The molecule has 0 aromatic heterocycles. The summed E-state index contributed by atoms with van der Waals surface area (Å²) >= 11 is 0.172. The molecule has 0 heterocycles. The van der Waals surface area contributed by atoms with Gasteiger partial charge in [-0.2, -0.15) is 0 Å². The quantitative estimate of drug-likeness (QED) is 0.769. The van der Waals surface area contributed by atoms with Crippen LogP contribution in [-0.2, 0) is 11.2 Å². The van der Waals surface area contributed by atoms with E-state index in [2.05, 4.69) is 24.3 Å². The minimum atomic E-state index is -0.363. The van der Waals surface area contributed by atoms with Crippen LogP contribution in [0.4, 0.5) is 0 Å². The fraction of sp³-hybridized carbons (Fsp3) is 0.400. The molecule has 128 valence electrons. The third kappa shape index (κ3) is 3.68. The fourth-order valence-electron chi connectivity index (χ4n) is 3.27. The molecule has 3 rings (SSSR count). The molecule has 24 heavy (non-hydrogen) atoms. The number of benzene rings is 2. The van der Waals surface area contributed by atoms with Crippen molar-refractivity contribution in [2.24, 2.45) is 0 Å². The molecule has 1 N–H and O–H groups in total. The van der Waals surface area contributed by atoms with E-state index in [4.69, 9.17) is 9.47 Å². The number of aliphatic hydroxyl groups excluding tert-OH is 1. The Labute approximate surface area is 150 Å². The number of aliphatic hydroxyl groups is 1. The average molecular weight is 391 g/mol. The summed E-state index contributed by atoms with van der Waals surface area (Å²) in [5.74, 6) is 0.901. The summed E-state index contributed by atoms with van der Waals surface area (Å²) < 4.78 is 12.5. The Morgan fingerprint density at radius 2 is 1.96 bits per heavy atom. The van der Waals surface area contributed by atoms with Gasteiger partial charge in [-0.3, -0.25) is 0 Å². The molecule has 2 aromatic carbocycles. The molecule has 1 aliphatic carbocycles. The monoisotopic (exact) mass is 392 g/mol. The Morgan fingerprint density at radius 1 is 1.17 bits per heavy atom. The predicted octanol–water partition coefficient (Wildman–Crippen LogP) is 3.20. The maximum atomic E-state index is 10.5. The molecular weight excluding hydrogens is 367 g/mol. The van der Waals surface area contributed by atoms with Gasteiger partial charge in [0.05, 0.1) is 0 Å². The van der Waals surface area contributed by atoms with E-state index >= 15 is 0 Å². The zero-order valence-electron chi connectivity index (χ0n) is 14.2. The number of ether oxygens (including phenoxy) is 2. The van der Waals surface area contributed by atoms with Gasteiger partial charge < -0.3 is 0 Å². The van der Waals surface area contributed by atoms with Gasteiger partial charge in [0.25, 0.3) is 0 Å². The van der Waals surface area contributed by atoms with Gasteiger partial charge in [0, 0.05) is 0 Å². The van der Waals surface area contributed by atoms with E-state index < -0.39 is 0 Å². The van der Waals surface area contributed by atoms with Crippen molar-refractivity contribution in [3.05, 3.63) is 59.2 Å². The van der Waals surface area contributed by atoms with Crippen LogP contribution in [0.1, 0.15) is 41.7 Å². The number of aryl methyl sites for hydroxylation is 1. The van der Waals surface area contributed by atoms with Crippen molar-refractivity contribution in [1.29, 1.82) is 0 Å². The molecule has 2 aromatic rings.